The summed E-state index contributed by atoms with van der Waals surface area (Å²) in [7, 11) is 0. The van der Waals surface area contributed by atoms with Crippen molar-refractivity contribution in [1.82, 2.24) is 4.98 Å². The van der Waals surface area contributed by atoms with Crippen molar-refractivity contribution in [3.63, 3.8) is 0 Å². The lowest BCUT2D eigenvalue weighted by Crippen LogP contribution is -2.12. The highest BCUT2D eigenvalue weighted by atomic mass is 32.1. The van der Waals surface area contributed by atoms with Crippen molar-refractivity contribution in [3.8, 4) is 0 Å². The monoisotopic (exact) mass is 184 g/mol. The topological polar surface area (TPSA) is 38.9 Å². The summed E-state index contributed by atoms with van der Waals surface area (Å²) in [6.45, 7) is 6.36. The van der Waals surface area contributed by atoms with E-state index < -0.39 is 0 Å². The minimum atomic E-state index is 0.128. The molecule has 0 amide bonds. The molecule has 68 valence electrons. The lowest BCUT2D eigenvalue weighted by atomic mass is 10.1. The molecule has 1 heterocycles. The number of aromatic nitrogens is 1. The predicted molar refractivity (Wildman–Crippen MR) is 53.2 cm³/mol. The predicted octanol–water partition coefficient (Wildman–Crippen LogP) is 2.50. The van der Waals surface area contributed by atoms with Crippen LogP contribution in [0.3, 0.4) is 0 Å². The second-order valence-corrected chi connectivity index (χ2v) is 4.45. The van der Waals surface area contributed by atoms with Gasteiger partial charge in [0.2, 0.25) is 0 Å². The molecule has 0 aromatic carbocycles. The SMILES string of the molecule is Cc1csc([C@@H](N)CC(C)C)n1. The molecule has 0 unspecified atom stereocenters. The Morgan fingerprint density at radius 3 is 2.67 bits per heavy atom. The normalized spacial score (nSPS) is 13.8. The Morgan fingerprint density at radius 1 is 1.58 bits per heavy atom. The maximum Gasteiger partial charge on any atom is 0.110 e. The van der Waals surface area contributed by atoms with Gasteiger partial charge >= 0.3 is 0 Å². The van der Waals surface area contributed by atoms with E-state index >= 15 is 0 Å². The van der Waals surface area contributed by atoms with Crippen molar-refractivity contribution in [2.24, 2.45) is 11.7 Å². The number of hydrogen-bond acceptors (Lipinski definition) is 3. The molecule has 1 aromatic rings. The van der Waals surface area contributed by atoms with E-state index in [2.05, 4.69) is 24.2 Å². The van der Waals surface area contributed by atoms with Gasteiger partial charge in [0.25, 0.3) is 0 Å². The molecule has 0 radical (unpaired) electrons. The second-order valence-electron chi connectivity index (χ2n) is 3.56. The molecule has 3 heteroatoms. The van der Waals surface area contributed by atoms with E-state index in [4.69, 9.17) is 5.73 Å². The third kappa shape index (κ3) is 2.57. The molecule has 1 atom stereocenters. The van der Waals surface area contributed by atoms with Crippen LogP contribution in [-0.4, -0.2) is 4.98 Å². The van der Waals surface area contributed by atoms with Crippen molar-refractivity contribution >= 4 is 11.3 Å². The number of nitrogens with two attached hydrogens (primary N) is 1. The quantitative estimate of drug-likeness (QED) is 0.784. The van der Waals surface area contributed by atoms with Crippen LogP contribution in [0.25, 0.3) is 0 Å². The van der Waals surface area contributed by atoms with Gasteiger partial charge < -0.3 is 5.73 Å². The van der Waals surface area contributed by atoms with Crippen LogP contribution in [0.5, 0.6) is 0 Å². The van der Waals surface area contributed by atoms with Crippen LogP contribution in [0.1, 0.15) is 37.0 Å². The average Bonchev–Trinajstić information content (AvgIpc) is 2.34. The molecule has 0 saturated carbocycles. The molecule has 0 aliphatic heterocycles. The van der Waals surface area contributed by atoms with Gasteiger partial charge in [-0.25, -0.2) is 4.98 Å². The number of rotatable bonds is 3. The molecule has 2 nitrogen and oxygen atoms in total. The molecule has 0 saturated heterocycles. The highest BCUT2D eigenvalue weighted by molar-refractivity contribution is 7.09. The zero-order valence-electron chi connectivity index (χ0n) is 7.87. The van der Waals surface area contributed by atoms with Crippen LogP contribution in [-0.2, 0) is 0 Å². The minimum absolute atomic E-state index is 0.128. The van der Waals surface area contributed by atoms with Gasteiger partial charge in [-0.15, -0.1) is 11.3 Å². The Hall–Kier alpha value is -0.410. The Morgan fingerprint density at radius 2 is 2.25 bits per heavy atom. The summed E-state index contributed by atoms with van der Waals surface area (Å²) in [5, 5.41) is 3.12. The zero-order chi connectivity index (χ0) is 9.14. The van der Waals surface area contributed by atoms with Crippen molar-refractivity contribution < 1.29 is 0 Å². The molecule has 12 heavy (non-hydrogen) atoms. The lowest BCUT2D eigenvalue weighted by molar-refractivity contribution is 0.508. The van der Waals surface area contributed by atoms with Crippen LogP contribution in [0, 0.1) is 12.8 Å². The summed E-state index contributed by atoms with van der Waals surface area (Å²) in [6, 6.07) is 0.128. The van der Waals surface area contributed by atoms with Gasteiger partial charge in [0.15, 0.2) is 0 Å². The van der Waals surface area contributed by atoms with E-state index in [1.54, 1.807) is 11.3 Å². The number of hydrogen-bond donors (Lipinski definition) is 1. The highest BCUT2D eigenvalue weighted by Gasteiger charge is 2.10. The second kappa shape index (κ2) is 4.01. The zero-order valence-corrected chi connectivity index (χ0v) is 8.69. The summed E-state index contributed by atoms with van der Waals surface area (Å²) in [5.41, 5.74) is 7.04. The fourth-order valence-corrected chi connectivity index (χ4v) is 1.96. The molecule has 0 fully saturated rings. The van der Waals surface area contributed by atoms with Crippen LogP contribution in [0.15, 0.2) is 5.38 Å². The largest absolute Gasteiger partial charge is 0.322 e. The van der Waals surface area contributed by atoms with Crippen LogP contribution >= 0.6 is 11.3 Å². The molecular weight excluding hydrogens is 168 g/mol. The van der Waals surface area contributed by atoms with Crippen molar-refractivity contribution in [3.05, 3.63) is 16.1 Å². The number of thiazole rings is 1. The van der Waals surface area contributed by atoms with E-state index in [1.165, 1.54) is 0 Å². The lowest BCUT2D eigenvalue weighted by Gasteiger charge is -2.10. The van der Waals surface area contributed by atoms with Gasteiger partial charge in [0, 0.05) is 11.1 Å². The standard InChI is InChI=1S/C9H16N2S/c1-6(2)4-8(10)9-11-7(3)5-12-9/h5-6,8H,4,10H2,1-3H3/t8-/m0/s1. The number of aryl methyl sites for hydroxylation is 1. The van der Waals surface area contributed by atoms with Gasteiger partial charge in [-0.2, -0.15) is 0 Å². The van der Waals surface area contributed by atoms with Crippen molar-refractivity contribution in [1.29, 1.82) is 0 Å². The van der Waals surface area contributed by atoms with E-state index in [1.807, 2.05) is 6.92 Å². The molecule has 0 aliphatic carbocycles. The summed E-state index contributed by atoms with van der Waals surface area (Å²) in [4.78, 5) is 4.36. The highest BCUT2D eigenvalue weighted by Crippen LogP contribution is 2.21. The van der Waals surface area contributed by atoms with Crippen molar-refractivity contribution in [2.75, 3.05) is 0 Å². The Kier molecular flexibility index (Phi) is 3.23. The summed E-state index contributed by atoms with van der Waals surface area (Å²) < 4.78 is 0. The molecule has 2 N–H and O–H groups in total. The van der Waals surface area contributed by atoms with Gasteiger partial charge in [-0.1, -0.05) is 13.8 Å². The number of nitrogens with zero attached hydrogens (tertiary/aromatic N) is 1. The van der Waals surface area contributed by atoms with Crippen molar-refractivity contribution in [2.45, 2.75) is 33.2 Å². The smallest absolute Gasteiger partial charge is 0.110 e. The first-order chi connectivity index (χ1) is 5.59. The molecule has 1 aromatic heterocycles. The molecule has 0 aliphatic rings. The third-order valence-corrected chi connectivity index (χ3v) is 2.77. The van der Waals surface area contributed by atoms with Gasteiger partial charge in [0.1, 0.15) is 5.01 Å². The first kappa shape index (κ1) is 9.68. The van der Waals surface area contributed by atoms with E-state index in [-0.39, 0.29) is 6.04 Å². The Labute approximate surface area is 77.8 Å². The van der Waals surface area contributed by atoms with Gasteiger partial charge in [-0.05, 0) is 19.3 Å². The first-order valence-corrected chi connectivity index (χ1v) is 5.15. The van der Waals surface area contributed by atoms with Crippen LogP contribution < -0.4 is 5.73 Å². The maximum atomic E-state index is 5.96. The Bertz CT molecular complexity index is 242. The summed E-state index contributed by atoms with van der Waals surface area (Å²) >= 11 is 1.66. The maximum absolute atomic E-state index is 5.96. The minimum Gasteiger partial charge on any atom is -0.322 e. The van der Waals surface area contributed by atoms with Crippen LogP contribution in [0.2, 0.25) is 0 Å². The van der Waals surface area contributed by atoms with E-state index in [0.29, 0.717) is 5.92 Å². The fraction of sp³-hybridized carbons (Fsp3) is 0.667. The Balaban J connectivity index is 2.58. The van der Waals surface area contributed by atoms with E-state index in [0.717, 1.165) is 17.1 Å². The van der Waals surface area contributed by atoms with Gasteiger partial charge in [0.05, 0.1) is 6.04 Å². The first-order valence-electron chi connectivity index (χ1n) is 4.27. The summed E-state index contributed by atoms with van der Waals surface area (Å²) in [6.07, 6.45) is 1.02. The van der Waals surface area contributed by atoms with Gasteiger partial charge in [-0.3, -0.25) is 0 Å². The molecule has 0 spiro atoms. The molecule has 0 bridgehead atoms. The third-order valence-electron chi connectivity index (χ3n) is 1.68. The summed E-state index contributed by atoms with van der Waals surface area (Å²) in [5.74, 6) is 0.643. The van der Waals surface area contributed by atoms with Crippen LogP contribution in [0.4, 0.5) is 0 Å². The van der Waals surface area contributed by atoms with E-state index in [9.17, 15) is 0 Å². The fourth-order valence-electron chi connectivity index (χ4n) is 1.15. The molecular formula is C9H16N2S. The average molecular weight is 184 g/mol. The molecule has 1 rings (SSSR count).